The van der Waals surface area contributed by atoms with Crippen LogP contribution in [0.1, 0.15) is 28.4 Å². The van der Waals surface area contributed by atoms with Crippen molar-refractivity contribution in [2.24, 2.45) is 0 Å². The van der Waals surface area contributed by atoms with Crippen molar-refractivity contribution in [2.45, 2.75) is 19.9 Å². The number of carbonyl (C=O) groups excluding carboxylic acids is 2. The van der Waals surface area contributed by atoms with E-state index in [-0.39, 0.29) is 11.3 Å². The van der Waals surface area contributed by atoms with E-state index in [0.29, 0.717) is 22.0 Å². The summed E-state index contributed by atoms with van der Waals surface area (Å²) in [5.41, 5.74) is 3.53. The largest absolute Gasteiger partial charge is 0.507 e. The van der Waals surface area contributed by atoms with Gasteiger partial charge < -0.3 is 5.11 Å². The van der Waals surface area contributed by atoms with Crippen molar-refractivity contribution < 1.29 is 14.7 Å². The van der Waals surface area contributed by atoms with Crippen LogP contribution in [0.3, 0.4) is 0 Å². The highest BCUT2D eigenvalue weighted by molar-refractivity contribution is 6.51. The summed E-state index contributed by atoms with van der Waals surface area (Å²) >= 11 is 5.95. The number of pyridine rings is 1. The highest BCUT2D eigenvalue weighted by atomic mass is 35.5. The van der Waals surface area contributed by atoms with E-state index in [9.17, 15) is 14.7 Å². The molecule has 1 aromatic heterocycles. The van der Waals surface area contributed by atoms with Gasteiger partial charge in [-0.1, -0.05) is 23.7 Å². The van der Waals surface area contributed by atoms with Crippen molar-refractivity contribution in [3.8, 4) is 0 Å². The van der Waals surface area contributed by atoms with Crippen LogP contribution in [0.25, 0.3) is 5.76 Å². The zero-order valence-electron chi connectivity index (χ0n) is 16.5. The number of hydrogen-bond acceptors (Lipinski definition) is 4. The summed E-state index contributed by atoms with van der Waals surface area (Å²) in [4.78, 5) is 31.9. The number of Topliss-reactive ketones (excluding diaryl/α,β-unsaturated/α-hetero) is 1. The molecule has 0 spiro atoms. The summed E-state index contributed by atoms with van der Waals surface area (Å²) in [6, 6.07) is 16.4. The molecule has 4 rings (SSSR count). The molecule has 1 amide bonds. The highest BCUT2D eigenvalue weighted by Gasteiger charge is 2.47. The van der Waals surface area contributed by atoms with Gasteiger partial charge in [-0.2, -0.15) is 0 Å². The molecular weight excluding hydrogens is 400 g/mol. The zero-order chi connectivity index (χ0) is 21.4. The van der Waals surface area contributed by atoms with Crippen molar-refractivity contribution >= 4 is 34.7 Å². The first-order valence-corrected chi connectivity index (χ1v) is 9.81. The number of ketones is 1. The summed E-state index contributed by atoms with van der Waals surface area (Å²) < 4.78 is 0. The van der Waals surface area contributed by atoms with Gasteiger partial charge in [0.05, 0.1) is 11.3 Å². The molecule has 0 aliphatic carbocycles. The van der Waals surface area contributed by atoms with Crippen molar-refractivity contribution in [3.63, 3.8) is 0 Å². The van der Waals surface area contributed by atoms with Gasteiger partial charge in [-0.05, 0) is 73.5 Å². The molecule has 1 aliphatic rings. The van der Waals surface area contributed by atoms with Crippen LogP contribution in [-0.4, -0.2) is 21.8 Å². The molecule has 6 heteroatoms. The summed E-state index contributed by atoms with van der Waals surface area (Å²) in [7, 11) is 0. The Kier molecular flexibility index (Phi) is 5.14. The van der Waals surface area contributed by atoms with Gasteiger partial charge >= 0.3 is 0 Å². The first kappa shape index (κ1) is 19.9. The number of amides is 1. The Hall–Kier alpha value is -3.44. The van der Waals surface area contributed by atoms with Crippen LogP contribution in [0.5, 0.6) is 0 Å². The normalized spacial score (nSPS) is 18.1. The standard InChI is InChI=1S/C24H19ClN2O3/c1-14-6-11-18(13-15(14)2)27-21(19-5-3-4-12-26-19)20(23(29)24(27)30)22(28)16-7-9-17(25)10-8-16/h3-13,21,28H,1-2H3/b22-20+. The Morgan fingerprint density at radius 3 is 2.37 bits per heavy atom. The van der Waals surface area contributed by atoms with E-state index in [1.165, 1.54) is 4.90 Å². The molecule has 0 radical (unpaired) electrons. The van der Waals surface area contributed by atoms with Gasteiger partial charge in [0.1, 0.15) is 11.8 Å². The van der Waals surface area contributed by atoms with E-state index in [0.717, 1.165) is 11.1 Å². The number of benzene rings is 2. The Labute approximate surface area is 179 Å². The molecule has 1 unspecified atom stereocenters. The van der Waals surface area contributed by atoms with Gasteiger partial charge in [0, 0.05) is 22.5 Å². The summed E-state index contributed by atoms with van der Waals surface area (Å²) in [5, 5.41) is 11.5. The number of aliphatic hydroxyl groups excluding tert-OH is 1. The van der Waals surface area contributed by atoms with Crippen molar-refractivity contribution in [1.29, 1.82) is 0 Å². The number of rotatable bonds is 3. The van der Waals surface area contributed by atoms with Crippen LogP contribution in [-0.2, 0) is 9.59 Å². The third kappa shape index (κ3) is 3.37. The van der Waals surface area contributed by atoms with Gasteiger partial charge in [-0.3, -0.25) is 19.5 Å². The molecular formula is C24H19ClN2O3. The minimum absolute atomic E-state index is 0.000694. The number of carbonyl (C=O) groups is 2. The SMILES string of the molecule is Cc1ccc(N2C(=O)C(=O)/C(=C(/O)c3ccc(Cl)cc3)C2c2ccccn2)cc1C. The number of halogens is 1. The second kappa shape index (κ2) is 7.76. The summed E-state index contributed by atoms with van der Waals surface area (Å²) in [6.07, 6.45) is 1.60. The molecule has 150 valence electrons. The summed E-state index contributed by atoms with van der Waals surface area (Å²) in [5.74, 6) is -1.72. The molecule has 0 saturated carbocycles. The van der Waals surface area contributed by atoms with E-state index in [2.05, 4.69) is 4.98 Å². The van der Waals surface area contributed by atoms with Crippen LogP contribution < -0.4 is 4.90 Å². The first-order valence-electron chi connectivity index (χ1n) is 9.43. The van der Waals surface area contributed by atoms with Gasteiger partial charge in [-0.25, -0.2) is 0 Å². The molecule has 2 heterocycles. The fraction of sp³-hybridized carbons (Fsp3) is 0.125. The molecule has 1 saturated heterocycles. The van der Waals surface area contributed by atoms with Crippen LogP contribution in [0, 0.1) is 13.8 Å². The number of hydrogen-bond donors (Lipinski definition) is 1. The lowest BCUT2D eigenvalue weighted by Crippen LogP contribution is -2.29. The molecule has 1 fully saturated rings. The van der Waals surface area contributed by atoms with Crippen LogP contribution in [0.15, 0.2) is 72.4 Å². The monoisotopic (exact) mass is 418 g/mol. The zero-order valence-corrected chi connectivity index (χ0v) is 17.2. The van der Waals surface area contributed by atoms with E-state index < -0.39 is 17.7 Å². The van der Waals surface area contributed by atoms with Crippen LogP contribution >= 0.6 is 11.6 Å². The fourth-order valence-electron chi connectivity index (χ4n) is 3.56. The smallest absolute Gasteiger partial charge is 0.300 e. The molecule has 2 aromatic carbocycles. The van der Waals surface area contributed by atoms with Gasteiger partial charge in [-0.15, -0.1) is 0 Å². The lowest BCUT2D eigenvalue weighted by Gasteiger charge is -2.25. The van der Waals surface area contributed by atoms with Gasteiger partial charge in [0.15, 0.2) is 0 Å². The molecule has 1 atom stereocenters. The van der Waals surface area contributed by atoms with Crippen LogP contribution in [0.2, 0.25) is 5.02 Å². The lowest BCUT2D eigenvalue weighted by molar-refractivity contribution is -0.132. The Bertz CT molecular complexity index is 1170. The van der Waals surface area contributed by atoms with Crippen molar-refractivity contribution in [2.75, 3.05) is 4.90 Å². The van der Waals surface area contributed by atoms with Gasteiger partial charge in [0.25, 0.3) is 11.7 Å². The average molecular weight is 419 g/mol. The maximum absolute atomic E-state index is 13.1. The van der Waals surface area contributed by atoms with E-state index in [4.69, 9.17) is 11.6 Å². The number of nitrogens with zero attached hydrogens (tertiary/aromatic N) is 2. The molecule has 0 bridgehead atoms. The van der Waals surface area contributed by atoms with E-state index in [1.807, 2.05) is 26.0 Å². The van der Waals surface area contributed by atoms with Crippen molar-refractivity contribution in [3.05, 3.63) is 99.8 Å². The third-order valence-electron chi connectivity index (χ3n) is 5.30. The van der Waals surface area contributed by atoms with Gasteiger partial charge in [0.2, 0.25) is 0 Å². The Morgan fingerprint density at radius 2 is 1.73 bits per heavy atom. The second-order valence-electron chi connectivity index (χ2n) is 7.20. The van der Waals surface area contributed by atoms with Crippen LogP contribution in [0.4, 0.5) is 5.69 Å². The number of anilines is 1. The molecule has 30 heavy (non-hydrogen) atoms. The third-order valence-corrected chi connectivity index (χ3v) is 5.55. The maximum Gasteiger partial charge on any atom is 0.300 e. The summed E-state index contributed by atoms with van der Waals surface area (Å²) in [6.45, 7) is 3.92. The molecule has 3 aromatic rings. The van der Waals surface area contributed by atoms with E-state index in [1.54, 1.807) is 54.7 Å². The number of aromatic nitrogens is 1. The Balaban J connectivity index is 1.94. The predicted molar refractivity (Wildman–Crippen MR) is 116 cm³/mol. The average Bonchev–Trinajstić information content (AvgIpc) is 3.01. The topological polar surface area (TPSA) is 70.5 Å². The first-order chi connectivity index (χ1) is 14.4. The molecule has 1 N–H and O–H groups in total. The second-order valence-corrected chi connectivity index (χ2v) is 7.64. The minimum atomic E-state index is -0.844. The maximum atomic E-state index is 13.1. The van der Waals surface area contributed by atoms with E-state index >= 15 is 0 Å². The minimum Gasteiger partial charge on any atom is -0.507 e. The molecule has 5 nitrogen and oxygen atoms in total. The fourth-order valence-corrected chi connectivity index (χ4v) is 3.68. The van der Waals surface area contributed by atoms with Crippen molar-refractivity contribution in [1.82, 2.24) is 4.98 Å². The quantitative estimate of drug-likeness (QED) is 0.370. The Morgan fingerprint density at radius 1 is 1.00 bits per heavy atom. The number of aryl methyl sites for hydroxylation is 2. The number of aliphatic hydroxyl groups is 1. The highest BCUT2D eigenvalue weighted by Crippen LogP contribution is 2.41. The molecule has 1 aliphatic heterocycles. The lowest BCUT2D eigenvalue weighted by atomic mass is 9.98. The predicted octanol–water partition coefficient (Wildman–Crippen LogP) is 4.98.